The van der Waals surface area contributed by atoms with Crippen molar-refractivity contribution in [2.75, 3.05) is 0 Å². The van der Waals surface area contributed by atoms with Crippen molar-refractivity contribution in [2.24, 2.45) is 0 Å². The second-order valence-corrected chi connectivity index (χ2v) is 5.99. The quantitative estimate of drug-likeness (QED) is 0.844. The van der Waals surface area contributed by atoms with Crippen molar-refractivity contribution >= 4 is 15.9 Å². The largest absolute Gasteiger partial charge is 0.306 e. The maximum Gasteiger partial charge on any atom is 0.0295 e. The molecule has 2 heteroatoms. The van der Waals surface area contributed by atoms with Crippen LogP contribution in [0.2, 0.25) is 0 Å². The Morgan fingerprint density at radius 2 is 1.84 bits per heavy atom. The Hall–Kier alpha value is -1.12. The Labute approximate surface area is 124 Å². The van der Waals surface area contributed by atoms with Crippen LogP contribution >= 0.6 is 15.9 Å². The number of rotatable bonds is 4. The van der Waals surface area contributed by atoms with E-state index in [0.717, 1.165) is 11.0 Å². The van der Waals surface area contributed by atoms with Crippen LogP contribution in [0, 0.1) is 13.8 Å². The number of hydrogen-bond acceptors (Lipinski definition) is 1. The molecular weight excluding hydrogens is 298 g/mol. The predicted molar refractivity (Wildman–Crippen MR) is 85.3 cm³/mol. The molecule has 0 heterocycles. The predicted octanol–water partition coefficient (Wildman–Crippen LogP) is 4.92. The van der Waals surface area contributed by atoms with Crippen LogP contribution in [0.15, 0.2) is 46.9 Å². The highest BCUT2D eigenvalue weighted by molar-refractivity contribution is 9.10. The summed E-state index contributed by atoms with van der Waals surface area (Å²) in [6.45, 7) is 7.41. The summed E-state index contributed by atoms with van der Waals surface area (Å²) in [6, 6.07) is 15.4. The first-order valence-corrected chi connectivity index (χ1v) is 7.40. The van der Waals surface area contributed by atoms with Crippen LogP contribution in [-0.4, -0.2) is 0 Å². The molecule has 0 radical (unpaired) electrons. The molecule has 0 unspecified atom stereocenters. The Kier molecular flexibility index (Phi) is 4.78. The molecule has 0 saturated carbocycles. The third-order valence-electron chi connectivity index (χ3n) is 3.53. The zero-order valence-electron chi connectivity index (χ0n) is 11.7. The highest BCUT2D eigenvalue weighted by Crippen LogP contribution is 2.18. The zero-order valence-corrected chi connectivity index (χ0v) is 13.3. The normalized spacial score (nSPS) is 12.4. The third-order valence-corrected chi connectivity index (χ3v) is 4.03. The molecule has 0 aliphatic heterocycles. The molecule has 0 aliphatic rings. The molecule has 0 saturated heterocycles. The van der Waals surface area contributed by atoms with Gasteiger partial charge in [-0.05, 0) is 55.2 Å². The second-order valence-electron chi connectivity index (χ2n) is 5.08. The summed E-state index contributed by atoms with van der Waals surface area (Å²) in [5.74, 6) is 0. The van der Waals surface area contributed by atoms with Crippen LogP contribution in [0.5, 0.6) is 0 Å². The van der Waals surface area contributed by atoms with Gasteiger partial charge in [0.2, 0.25) is 0 Å². The molecule has 1 nitrogen and oxygen atoms in total. The molecule has 0 amide bonds. The average Bonchev–Trinajstić information content (AvgIpc) is 2.40. The summed E-state index contributed by atoms with van der Waals surface area (Å²) in [5, 5.41) is 3.57. The van der Waals surface area contributed by atoms with Crippen molar-refractivity contribution in [1.29, 1.82) is 0 Å². The van der Waals surface area contributed by atoms with Gasteiger partial charge in [-0.25, -0.2) is 0 Å². The highest BCUT2D eigenvalue weighted by atomic mass is 79.9. The van der Waals surface area contributed by atoms with Crippen molar-refractivity contribution < 1.29 is 0 Å². The van der Waals surface area contributed by atoms with Gasteiger partial charge in [-0.1, -0.05) is 46.3 Å². The summed E-state index contributed by atoms with van der Waals surface area (Å²) in [6.07, 6.45) is 0. The van der Waals surface area contributed by atoms with Crippen molar-refractivity contribution in [2.45, 2.75) is 33.4 Å². The third kappa shape index (κ3) is 3.92. The van der Waals surface area contributed by atoms with E-state index >= 15 is 0 Å². The minimum atomic E-state index is 0.346. The molecule has 0 aliphatic carbocycles. The van der Waals surface area contributed by atoms with Crippen molar-refractivity contribution in [3.05, 3.63) is 69.2 Å². The van der Waals surface area contributed by atoms with Crippen LogP contribution in [0.25, 0.3) is 0 Å². The minimum absolute atomic E-state index is 0.346. The lowest BCUT2D eigenvalue weighted by Crippen LogP contribution is -2.18. The molecule has 100 valence electrons. The van der Waals surface area contributed by atoms with Gasteiger partial charge in [0.05, 0.1) is 0 Å². The number of hydrogen-bond donors (Lipinski definition) is 1. The molecule has 2 aromatic carbocycles. The summed E-state index contributed by atoms with van der Waals surface area (Å²) in [4.78, 5) is 0. The fourth-order valence-electron chi connectivity index (χ4n) is 2.08. The molecule has 1 N–H and O–H groups in total. The smallest absolute Gasteiger partial charge is 0.0295 e. The number of halogens is 1. The first-order chi connectivity index (χ1) is 9.06. The van der Waals surface area contributed by atoms with E-state index in [9.17, 15) is 0 Å². The van der Waals surface area contributed by atoms with E-state index in [-0.39, 0.29) is 0 Å². The Balaban J connectivity index is 2.00. The highest BCUT2D eigenvalue weighted by Gasteiger charge is 2.05. The van der Waals surface area contributed by atoms with Gasteiger partial charge in [0.15, 0.2) is 0 Å². The number of aryl methyl sites for hydroxylation is 2. The number of benzene rings is 2. The van der Waals surface area contributed by atoms with Gasteiger partial charge in [0, 0.05) is 17.1 Å². The van der Waals surface area contributed by atoms with Gasteiger partial charge in [-0.3, -0.25) is 0 Å². The van der Waals surface area contributed by atoms with E-state index in [1.807, 2.05) is 0 Å². The van der Waals surface area contributed by atoms with E-state index < -0.39 is 0 Å². The zero-order chi connectivity index (χ0) is 13.8. The second kappa shape index (κ2) is 6.36. The lowest BCUT2D eigenvalue weighted by Gasteiger charge is -2.15. The van der Waals surface area contributed by atoms with E-state index in [2.05, 4.69) is 84.5 Å². The molecule has 2 rings (SSSR count). The minimum Gasteiger partial charge on any atom is -0.306 e. The standard InChI is InChI=1S/C17H20BrN/c1-12-7-8-15(9-13(12)2)11-19-14(3)16-5-4-6-17(18)10-16/h4-10,14,19H,11H2,1-3H3/t14-/m1/s1. The van der Waals surface area contributed by atoms with Crippen molar-refractivity contribution in [3.8, 4) is 0 Å². The molecule has 0 bridgehead atoms. The molecule has 19 heavy (non-hydrogen) atoms. The van der Waals surface area contributed by atoms with Crippen LogP contribution in [0.1, 0.15) is 35.2 Å². The van der Waals surface area contributed by atoms with E-state index in [4.69, 9.17) is 0 Å². The first-order valence-electron chi connectivity index (χ1n) is 6.61. The topological polar surface area (TPSA) is 12.0 Å². The Bertz CT molecular complexity index is 563. The maximum absolute atomic E-state index is 3.57. The maximum atomic E-state index is 3.57. The molecule has 0 aromatic heterocycles. The van der Waals surface area contributed by atoms with Gasteiger partial charge < -0.3 is 5.32 Å². The SMILES string of the molecule is Cc1ccc(CN[C@H](C)c2cccc(Br)c2)cc1C. The van der Waals surface area contributed by atoms with Gasteiger partial charge in [0.1, 0.15) is 0 Å². The first kappa shape index (κ1) is 14.3. The summed E-state index contributed by atoms with van der Waals surface area (Å²) in [7, 11) is 0. The van der Waals surface area contributed by atoms with Crippen molar-refractivity contribution in [1.82, 2.24) is 5.32 Å². The Morgan fingerprint density at radius 1 is 1.05 bits per heavy atom. The van der Waals surface area contributed by atoms with Crippen LogP contribution in [0.3, 0.4) is 0 Å². The molecule has 2 aromatic rings. The van der Waals surface area contributed by atoms with E-state index in [0.29, 0.717) is 6.04 Å². The van der Waals surface area contributed by atoms with Crippen LogP contribution in [0.4, 0.5) is 0 Å². The molecule has 1 atom stereocenters. The fourth-order valence-corrected chi connectivity index (χ4v) is 2.50. The van der Waals surface area contributed by atoms with E-state index in [1.165, 1.54) is 22.3 Å². The molecular formula is C17H20BrN. The number of nitrogens with one attached hydrogen (secondary N) is 1. The summed E-state index contributed by atoms with van der Waals surface area (Å²) in [5.41, 5.74) is 5.35. The summed E-state index contributed by atoms with van der Waals surface area (Å²) >= 11 is 3.52. The van der Waals surface area contributed by atoms with Gasteiger partial charge in [0.25, 0.3) is 0 Å². The monoisotopic (exact) mass is 317 g/mol. The van der Waals surface area contributed by atoms with Gasteiger partial charge >= 0.3 is 0 Å². The van der Waals surface area contributed by atoms with Crippen LogP contribution in [-0.2, 0) is 6.54 Å². The van der Waals surface area contributed by atoms with Crippen molar-refractivity contribution in [3.63, 3.8) is 0 Å². The lowest BCUT2D eigenvalue weighted by molar-refractivity contribution is 0.574. The molecule has 0 spiro atoms. The average molecular weight is 318 g/mol. The lowest BCUT2D eigenvalue weighted by atomic mass is 10.1. The summed E-state index contributed by atoms with van der Waals surface area (Å²) < 4.78 is 1.13. The van der Waals surface area contributed by atoms with E-state index in [1.54, 1.807) is 0 Å². The van der Waals surface area contributed by atoms with Gasteiger partial charge in [-0.15, -0.1) is 0 Å². The van der Waals surface area contributed by atoms with Gasteiger partial charge in [-0.2, -0.15) is 0 Å². The molecule has 0 fully saturated rings. The van der Waals surface area contributed by atoms with Crippen LogP contribution < -0.4 is 5.32 Å². The fraction of sp³-hybridized carbons (Fsp3) is 0.294. The Morgan fingerprint density at radius 3 is 2.53 bits per heavy atom.